The Hall–Kier alpha value is -1.06. The fourth-order valence-electron chi connectivity index (χ4n) is 0.189. The van der Waals surface area contributed by atoms with Gasteiger partial charge in [0.15, 0.2) is 0 Å². The first-order valence-electron chi connectivity index (χ1n) is 2.45. The first kappa shape index (κ1) is 7.94. The van der Waals surface area contributed by atoms with Crippen molar-refractivity contribution >= 4 is 12.3 Å². The summed E-state index contributed by atoms with van der Waals surface area (Å²) in [6, 6.07) is 0. The Morgan fingerprint density at radius 1 is 1.67 bits per heavy atom. The third-order valence-corrected chi connectivity index (χ3v) is 0.980. The van der Waals surface area contributed by atoms with Gasteiger partial charge in [-0.15, -0.1) is 0 Å². The molecule has 3 N–H and O–H groups in total. The van der Waals surface area contributed by atoms with Gasteiger partial charge in [-0.3, -0.25) is 9.59 Å². The first-order valence-corrected chi connectivity index (χ1v) is 2.45. The van der Waals surface area contributed by atoms with Gasteiger partial charge in [0.2, 0.25) is 5.91 Å². The molecule has 0 atom stereocenters. The van der Waals surface area contributed by atoms with E-state index < -0.39 is 11.4 Å². The monoisotopic (exact) mass is 129 g/mol. The van der Waals surface area contributed by atoms with Crippen LogP contribution >= 0.6 is 0 Å². The maximum absolute atomic E-state index is 10.4. The van der Waals surface area contributed by atoms with Crippen LogP contribution in [0.15, 0.2) is 0 Å². The van der Waals surface area contributed by atoms with Crippen LogP contribution < -0.4 is 11.1 Å². The Labute approximate surface area is 53.4 Å². The van der Waals surface area contributed by atoms with E-state index in [2.05, 4.69) is 5.32 Å². The molecule has 0 aliphatic heterocycles. The van der Waals surface area contributed by atoms with Gasteiger partial charge in [-0.05, 0) is 13.8 Å². The third kappa shape index (κ3) is 2.12. The van der Waals surface area contributed by atoms with Gasteiger partial charge >= 0.3 is 6.41 Å². The van der Waals surface area contributed by atoms with E-state index in [4.69, 9.17) is 5.73 Å². The van der Waals surface area contributed by atoms with Crippen molar-refractivity contribution in [2.24, 2.45) is 5.73 Å². The van der Waals surface area contributed by atoms with Crippen molar-refractivity contribution in [3.05, 3.63) is 0 Å². The summed E-state index contributed by atoms with van der Waals surface area (Å²) in [5.41, 5.74) is 3.89. The van der Waals surface area contributed by atoms with Crippen molar-refractivity contribution in [1.82, 2.24) is 5.32 Å². The van der Waals surface area contributed by atoms with Gasteiger partial charge in [-0.2, -0.15) is 0 Å². The quantitative estimate of drug-likeness (QED) is 0.475. The van der Waals surface area contributed by atoms with Crippen molar-refractivity contribution in [2.45, 2.75) is 19.4 Å². The second-order valence-electron chi connectivity index (χ2n) is 2.22. The summed E-state index contributed by atoms with van der Waals surface area (Å²) >= 11 is 0. The standard InChI is InChI=1S/C5H9N2O2/c1-5(2,4(6)9)7-3-8/h1-2H3,(H2,6,9)(H,7,8). The van der Waals surface area contributed by atoms with E-state index in [0.29, 0.717) is 0 Å². The van der Waals surface area contributed by atoms with E-state index >= 15 is 0 Å². The van der Waals surface area contributed by atoms with Gasteiger partial charge in [-0.25, -0.2) is 0 Å². The van der Waals surface area contributed by atoms with Crippen molar-refractivity contribution in [3.63, 3.8) is 0 Å². The molecular formula is C5H9N2O2. The summed E-state index contributed by atoms with van der Waals surface area (Å²) in [6.07, 6.45) is 1.39. The van der Waals surface area contributed by atoms with Crippen LogP contribution in [-0.4, -0.2) is 17.9 Å². The molecule has 0 aromatic heterocycles. The lowest BCUT2D eigenvalue weighted by molar-refractivity contribution is -0.122. The number of hydrogen-bond acceptors (Lipinski definition) is 2. The molecule has 4 heteroatoms. The van der Waals surface area contributed by atoms with E-state index in [1.54, 1.807) is 0 Å². The number of nitrogens with one attached hydrogen (secondary N) is 1. The van der Waals surface area contributed by atoms with Crippen LogP contribution in [0.1, 0.15) is 13.8 Å². The zero-order valence-electron chi connectivity index (χ0n) is 5.39. The highest BCUT2D eigenvalue weighted by atomic mass is 16.2. The van der Waals surface area contributed by atoms with Gasteiger partial charge in [0.05, 0.1) is 0 Å². The molecule has 0 spiro atoms. The molecule has 0 heterocycles. The third-order valence-electron chi connectivity index (χ3n) is 0.980. The van der Waals surface area contributed by atoms with Crippen molar-refractivity contribution in [3.8, 4) is 0 Å². The first-order chi connectivity index (χ1) is 4.00. The fraction of sp³-hybridized carbons (Fsp3) is 0.600. The number of carbonyl (C=O) groups is 1. The minimum absolute atomic E-state index is 0.578. The molecule has 51 valence electrons. The molecule has 0 aromatic rings. The van der Waals surface area contributed by atoms with E-state index in [0.717, 1.165) is 0 Å². The summed E-state index contributed by atoms with van der Waals surface area (Å²) in [5.74, 6) is -0.578. The summed E-state index contributed by atoms with van der Waals surface area (Å²) in [4.78, 5) is 20.1. The van der Waals surface area contributed by atoms with Crippen LogP contribution in [0.5, 0.6) is 0 Å². The summed E-state index contributed by atoms with van der Waals surface area (Å²) in [7, 11) is 0. The number of nitrogens with two attached hydrogens (primary N) is 1. The summed E-state index contributed by atoms with van der Waals surface area (Å²) < 4.78 is 0. The topological polar surface area (TPSA) is 72.2 Å². The number of rotatable bonds is 3. The average molecular weight is 129 g/mol. The lowest BCUT2D eigenvalue weighted by atomic mass is 10.1. The second kappa shape index (κ2) is 2.48. The molecule has 0 bridgehead atoms. The smallest absolute Gasteiger partial charge is 0.310 e. The Bertz CT molecular complexity index is 131. The Morgan fingerprint density at radius 3 is 2.22 bits per heavy atom. The van der Waals surface area contributed by atoms with Gasteiger partial charge in [0, 0.05) is 0 Å². The Balaban J connectivity index is 4.00. The van der Waals surface area contributed by atoms with E-state index in [-0.39, 0.29) is 0 Å². The molecule has 0 fully saturated rings. The molecule has 0 saturated heterocycles. The van der Waals surface area contributed by atoms with Gasteiger partial charge in [0.1, 0.15) is 5.54 Å². The number of amides is 2. The Kier molecular flexibility index (Phi) is 2.19. The van der Waals surface area contributed by atoms with Gasteiger partial charge in [0.25, 0.3) is 0 Å². The summed E-state index contributed by atoms with van der Waals surface area (Å²) in [5, 5.41) is 2.14. The van der Waals surface area contributed by atoms with Crippen LogP contribution in [0, 0.1) is 0 Å². The van der Waals surface area contributed by atoms with E-state index in [1.807, 2.05) is 0 Å². The molecule has 0 saturated carbocycles. The minimum atomic E-state index is -0.984. The van der Waals surface area contributed by atoms with Crippen molar-refractivity contribution in [2.75, 3.05) is 0 Å². The lowest BCUT2D eigenvalue weighted by Crippen LogP contribution is -2.49. The summed E-state index contributed by atoms with van der Waals surface area (Å²) in [6.45, 7) is 3.00. The fourth-order valence-corrected chi connectivity index (χ4v) is 0.189. The molecule has 0 rings (SSSR count). The highest BCUT2D eigenvalue weighted by Crippen LogP contribution is 1.96. The normalized spacial score (nSPS) is 10.4. The number of carbonyl (C=O) groups excluding carboxylic acids is 2. The van der Waals surface area contributed by atoms with Crippen LogP contribution in [0.25, 0.3) is 0 Å². The van der Waals surface area contributed by atoms with E-state index in [1.165, 1.54) is 20.3 Å². The SMILES string of the molecule is CC(C)(N[C]=O)C(N)=O. The number of primary amides is 1. The molecular weight excluding hydrogens is 120 g/mol. The predicted molar refractivity (Wildman–Crippen MR) is 32.1 cm³/mol. The van der Waals surface area contributed by atoms with Crippen molar-refractivity contribution in [1.29, 1.82) is 0 Å². The Morgan fingerprint density at radius 2 is 2.11 bits per heavy atom. The van der Waals surface area contributed by atoms with Crippen molar-refractivity contribution < 1.29 is 9.59 Å². The van der Waals surface area contributed by atoms with Crippen LogP contribution in [0.2, 0.25) is 0 Å². The molecule has 1 radical (unpaired) electrons. The zero-order chi connectivity index (χ0) is 7.49. The molecule has 0 aromatic carbocycles. The maximum Gasteiger partial charge on any atom is 0.310 e. The number of hydrogen-bond donors (Lipinski definition) is 2. The van der Waals surface area contributed by atoms with E-state index in [9.17, 15) is 9.59 Å². The largest absolute Gasteiger partial charge is 0.368 e. The van der Waals surface area contributed by atoms with Gasteiger partial charge in [-0.1, -0.05) is 0 Å². The highest BCUT2D eigenvalue weighted by Gasteiger charge is 2.23. The average Bonchev–Trinajstić information content (AvgIpc) is 1.65. The molecule has 2 amide bonds. The van der Waals surface area contributed by atoms with Gasteiger partial charge < -0.3 is 11.1 Å². The minimum Gasteiger partial charge on any atom is -0.368 e. The molecule has 4 nitrogen and oxygen atoms in total. The second-order valence-corrected chi connectivity index (χ2v) is 2.22. The molecule has 0 unspecified atom stereocenters. The molecule has 0 aliphatic rings. The predicted octanol–water partition coefficient (Wildman–Crippen LogP) is -1.09. The molecule has 0 aliphatic carbocycles. The highest BCUT2D eigenvalue weighted by molar-refractivity contribution is 5.85. The van der Waals surface area contributed by atoms with Crippen LogP contribution in [0.3, 0.4) is 0 Å². The molecule has 9 heavy (non-hydrogen) atoms. The van der Waals surface area contributed by atoms with Crippen LogP contribution in [0.4, 0.5) is 0 Å². The maximum atomic E-state index is 10.4. The zero-order valence-corrected chi connectivity index (χ0v) is 5.39. The van der Waals surface area contributed by atoms with Crippen LogP contribution in [-0.2, 0) is 9.59 Å². The lowest BCUT2D eigenvalue weighted by Gasteiger charge is -2.17.